The first kappa shape index (κ1) is 26.9. The van der Waals surface area contributed by atoms with Gasteiger partial charge in [0.25, 0.3) is 0 Å². The molecule has 43 heavy (non-hydrogen) atoms. The molecule has 4 nitrogen and oxygen atoms in total. The van der Waals surface area contributed by atoms with Crippen molar-refractivity contribution in [2.24, 2.45) is 0 Å². The fraction of sp³-hybridized carbons (Fsp3) is 0.179. The van der Waals surface area contributed by atoms with Crippen LogP contribution in [0.15, 0.2) is 120 Å². The molecule has 0 fully saturated rings. The molecule has 4 heteroatoms. The highest BCUT2D eigenvalue weighted by Gasteiger charge is 2.25. The van der Waals surface area contributed by atoms with Gasteiger partial charge in [-0.15, -0.1) is 0 Å². The molecule has 0 aliphatic rings. The number of imidazole rings is 1. The molecule has 3 heterocycles. The summed E-state index contributed by atoms with van der Waals surface area (Å²) in [5.74, 6) is 1.50. The summed E-state index contributed by atoms with van der Waals surface area (Å²) < 4.78 is 8.54. The number of aromatic nitrogens is 3. The Morgan fingerprint density at radius 1 is 0.721 bits per heavy atom. The number of para-hydroxylation sites is 2. The first-order valence-corrected chi connectivity index (χ1v) is 15.1. The van der Waals surface area contributed by atoms with Crippen LogP contribution in [0.1, 0.15) is 61.9 Å². The fourth-order valence-corrected chi connectivity index (χ4v) is 6.12. The minimum atomic E-state index is 0.302. The zero-order valence-corrected chi connectivity index (χ0v) is 25.1. The van der Waals surface area contributed by atoms with E-state index in [0.717, 1.165) is 45.5 Å². The number of benzene rings is 4. The quantitative estimate of drug-likeness (QED) is 0.194. The van der Waals surface area contributed by atoms with Gasteiger partial charge in [-0.1, -0.05) is 82.3 Å². The third-order valence-corrected chi connectivity index (χ3v) is 8.29. The van der Waals surface area contributed by atoms with Crippen LogP contribution < -0.4 is 0 Å². The summed E-state index contributed by atoms with van der Waals surface area (Å²) in [6.45, 7) is 9.14. The van der Waals surface area contributed by atoms with Gasteiger partial charge in [0.2, 0.25) is 0 Å². The number of hydrogen-bond donors (Lipinski definition) is 0. The van der Waals surface area contributed by atoms with Crippen LogP contribution in [0, 0.1) is 0 Å². The summed E-state index contributed by atoms with van der Waals surface area (Å²) in [6.07, 6.45) is 4.48. The molecule has 212 valence electrons. The summed E-state index contributed by atoms with van der Waals surface area (Å²) in [4.78, 5) is 9.81. The number of rotatable bonds is 7. The normalized spacial score (nSPS) is 11.8. The second-order valence-corrected chi connectivity index (χ2v) is 11.9. The Balaban J connectivity index is 1.49. The summed E-state index contributed by atoms with van der Waals surface area (Å²) in [7, 11) is 0. The van der Waals surface area contributed by atoms with Crippen LogP contribution in [0.25, 0.3) is 50.2 Å². The zero-order chi connectivity index (χ0) is 29.5. The number of hydrogen-bond acceptors (Lipinski definition) is 3. The molecular formula is C39H35N3O. The van der Waals surface area contributed by atoms with Crippen molar-refractivity contribution in [3.05, 3.63) is 138 Å². The minimum absolute atomic E-state index is 0.302. The molecule has 7 rings (SSSR count). The Labute approximate surface area is 252 Å². The number of pyridine rings is 1. The number of nitrogens with zero attached hydrogens (tertiary/aromatic N) is 3. The van der Waals surface area contributed by atoms with E-state index >= 15 is 0 Å². The van der Waals surface area contributed by atoms with Gasteiger partial charge >= 0.3 is 0 Å². The zero-order valence-electron chi connectivity index (χ0n) is 25.1. The van der Waals surface area contributed by atoms with Crippen molar-refractivity contribution in [1.82, 2.24) is 14.5 Å². The van der Waals surface area contributed by atoms with E-state index in [0.29, 0.717) is 11.8 Å². The van der Waals surface area contributed by atoms with Crippen LogP contribution in [-0.4, -0.2) is 14.5 Å². The van der Waals surface area contributed by atoms with Gasteiger partial charge in [0.05, 0.1) is 22.3 Å². The molecule has 7 aromatic rings. The molecule has 0 saturated heterocycles. The number of fused-ring (bicyclic) bond motifs is 2. The fourth-order valence-electron chi connectivity index (χ4n) is 6.12. The lowest BCUT2D eigenvalue weighted by atomic mass is 9.88. The van der Waals surface area contributed by atoms with Crippen molar-refractivity contribution in [1.29, 1.82) is 0 Å². The largest absolute Gasteiger partial charge is 0.464 e. The Morgan fingerprint density at radius 2 is 1.44 bits per heavy atom. The predicted octanol–water partition coefficient (Wildman–Crippen LogP) is 10.3. The first-order chi connectivity index (χ1) is 21.0. The highest BCUT2D eigenvalue weighted by atomic mass is 16.3. The van der Waals surface area contributed by atoms with Gasteiger partial charge in [0, 0.05) is 23.7 Å². The summed E-state index contributed by atoms with van der Waals surface area (Å²) in [5.41, 5.74) is 12.4. The van der Waals surface area contributed by atoms with E-state index in [-0.39, 0.29) is 0 Å². The van der Waals surface area contributed by atoms with E-state index in [2.05, 4.69) is 128 Å². The predicted molar refractivity (Wildman–Crippen MR) is 177 cm³/mol. The highest BCUT2D eigenvalue weighted by Crippen LogP contribution is 2.41. The maximum Gasteiger partial charge on any atom is 0.149 e. The van der Waals surface area contributed by atoms with Crippen LogP contribution in [0.4, 0.5) is 0 Å². The van der Waals surface area contributed by atoms with Crippen molar-refractivity contribution in [3.8, 4) is 28.2 Å². The molecule has 0 spiro atoms. The monoisotopic (exact) mass is 561 g/mol. The van der Waals surface area contributed by atoms with E-state index in [9.17, 15) is 0 Å². The lowest BCUT2D eigenvalue weighted by Gasteiger charge is -2.24. The van der Waals surface area contributed by atoms with Crippen molar-refractivity contribution in [2.75, 3.05) is 0 Å². The second-order valence-electron chi connectivity index (χ2n) is 11.9. The number of furan rings is 1. The Kier molecular flexibility index (Phi) is 6.90. The molecule has 0 aliphatic heterocycles. The maximum absolute atomic E-state index is 6.16. The Hall–Kier alpha value is -4.96. The first-order valence-electron chi connectivity index (χ1n) is 15.1. The molecular weight excluding hydrogens is 526 g/mol. The van der Waals surface area contributed by atoms with Crippen molar-refractivity contribution < 1.29 is 4.42 Å². The topological polar surface area (TPSA) is 43.9 Å². The third kappa shape index (κ3) is 4.93. The molecule has 0 saturated carbocycles. The molecule has 0 bridgehead atoms. The van der Waals surface area contributed by atoms with Gasteiger partial charge in [-0.2, -0.15) is 0 Å². The van der Waals surface area contributed by atoms with Crippen molar-refractivity contribution in [2.45, 2.75) is 46.0 Å². The average Bonchev–Trinajstić information content (AvgIpc) is 3.62. The summed E-state index contributed by atoms with van der Waals surface area (Å²) in [6, 6.07) is 36.4. The Morgan fingerprint density at radius 3 is 2.16 bits per heavy atom. The van der Waals surface area contributed by atoms with Gasteiger partial charge < -0.3 is 4.42 Å². The average molecular weight is 562 g/mol. The standard InChI is InChI=1S/C39H35N3O/c1-25(2)31-22-29(28-12-6-5-7-13-28)23-32(26(3)4)38(31)42-36-16-9-8-15-35(36)41-39(42)34-24-43-37-18-17-27(21-33(34)37)20-30-14-10-11-19-40-30/h5-19,21-26H,20H2,1-4H3. The van der Waals surface area contributed by atoms with Gasteiger partial charge in [-0.05, 0) is 88.2 Å². The van der Waals surface area contributed by atoms with E-state index in [4.69, 9.17) is 9.40 Å². The van der Waals surface area contributed by atoms with Crippen LogP contribution in [0.2, 0.25) is 0 Å². The second kappa shape index (κ2) is 11.0. The van der Waals surface area contributed by atoms with Gasteiger partial charge in [-0.25, -0.2) is 4.98 Å². The van der Waals surface area contributed by atoms with Crippen LogP contribution in [-0.2, 0) is 6.42 Å². The van der Waals surface area contributed by atoms with E-state index in [1.807, 2.05) is 24.6 Å². The van der Waals surface area contributed by atoms with Gasteiger partial charge in [-0.3, -0.25) is 9.55 Å². The Bertz CT molecular complexity index is 2020. The molecule has 4 aromatic carbocycles. The molecule has 0 atom stereocenters. The van der Waals surface area contributed by atoms with Crippen LogP contribution in [0.3, 0.4) is 0 Å². The van der Waals surface area contributed by atoms with Gasteiger partial charge in [0.1, 0.15) is 17.7 Å². The summed E-state index contributed by atoms with van der Waals surface area (Å²) >= 11 is 0. The lowest BCUT2D eigenvalue weighted by molar-refractivity contribution is 0.616. The van der Waals surface area contributed by atoms with Gasteiger partial charge in [0.15, 0.2) is 0 Å². The van der Waals surface area contributed by atoms with Crippen LogP contribution >= 0.6 is 0 Å². The lowest BCUT2D eigenvalue weighted by Crippen LogP contribution is -2.09. The smallest absolute Gasteiger partial charge is 0.149 e. The van der Waals surface area contributed by atoms with E-state index in [1.165, 1.54) is 33.5 Å². The minimum Gasteiger partial charge on any atom is -0.464 e. The van der Waals surface area contributed by atoms with Crippen LogP contribution in [0.5, 0.6) is 0 Å². The SMILES string of the molecule is CC(C)c1cc(-c2ccccc2)cc(C(C)C)c1-n1c(-c2coc3ccc(Cc4ccccn4)cc23)nc2ccccc21. The van der Waals surface area contributed by atoms with E-state index < -0.39 is 0 Å². The maximum atomic E-state index is 6.16. The summed E-state index contributed by atoms with van der Waals surface area (Å²) in [5, 5.41) is 1.06. The molecule has 0 radical (unpaired) electrons. The van der Waals surface area contributed by atoms with Crippen molar-refractivity contribution >= 4 is 22.0 Å². The molecule has 0 N–H and O–H groups in total. The third-order valence-electron chi connectivity index (χ3n) is 8.29. The van der Waals surface area contributed by atoms with Crippen molar-refractivity contribution in [3.63, 3.8) is 0 Å². The molecule has 0 aliphatic carbocycles. The molecule has 0 amide bonds. The van der Waals surface area contributed by atoms with E-state index in [1.54, 1.807) is 0 Å². The molecule has 0 unspecified atom stereocenters. The molecule has 3 aromatic heterocycles. The highest BCUT2D eigenvalue weighted by molar-refractivity contribution is 5.96.